The summed E-state index contributed by atoms with van der Waals surface area (Å²) in [5.74, 6) is 0.145. The van der Waals surface area contributed by atoms with Crippen LogP contribution in [0.1, 0.15) is 0 Å². The lowest BCUT2D eigenvalue weighted by Crippen LogP contribution is -2.34. The Hall–Kier alpha value is -0.140. The van der Waals surface area contributed by atoms with Crippen molar-refractivity contribution in [2.75, 3.05) is 38.7 Å². The molecule has 0 saturated heterocycles. The standard InChI is InChI=1S/C8H13ClF5NO/c9-1-2-15(5-7(10)11)3-4-16-6-8(12,13)14/h7H,1-6H2. The van der Waals surface area contributed by atoms with E-state index in [1.807, 2.05) is 0 Å². The molecule has 0 aliphatic rings. The van der Waals surface area contributed by atoms with Crippen LogP contribution >= 0.6 is 11.6 Å². The number of nitrogens with zero attached hydrogens (tertiary/aromatic N) is 1. The summed E-state index contributed by atoms with van der Waals surface area (Å²) < 4.78 is 63.3. The summed E-state index contributed by atoms with van der Waals surface area (Å²) in [5.41, 5.74) is 0. The van der Waals surface area contributed by atoms with Gasteiger partial charge in [-0.3, -0.25) is 4.90 Å². The van der Waals surface area contributed by atoms with Gasteiger partial charge in [0.15, 0.2) is 0 Å². The maximum Gasteiger partial charge on any atom is 0.411 e. The second kappa shape index (κ2) is 8.03. The molecule has 0 saturated carbocycles. The van der Waals surface area contributed by atoms with Crippen molar-refractivity contribution in [3.63, 3.8) is 0 Å². The molecule has 8 heteroatoms. The van der Waals surface area contributed by atoms with E-state index >= 15 is 0 Å². The van der Waals surface area contributed by atoms with Gasteiger partial charge in [-0.2, -0.15) is 13.2 Å². The number of alkyl halides is 6. The first kappa shape index (κ1) is 15.9. The molecule has 0 rings (SSSR count). The lowest BCUT2D eigenvalue weighted by Gasteiger charge is -2.20. The van der Waals surface area contributed by atoms with E-state index in [0.29, 0.717) is 0 Å². The monoisotopic (exact) mass is 269 g/mol. The number of halogens is 6. The van der Waals surface area contributed by atoms with Crippen molar-refractivity contribution in [3.8, 4) is 0 Å². The van der Waals surface area contributed by atoms with Crippen molar-refractivity contribution >= 4 is 11.6 Å². The quantitative estimate of drug-likeness (QED) is 0.381. The fourth-order valence-electron chi connectivity index (χ4n) is 0.991. The van der Waals surface area contributed by atoms with Crippen molar-refractivity contribution in [2.45, 2.75) is 12.6 Å². The molecule has 0 aromatic heterocycles. The average molecular weight is 270 g/mol. The third-order valence-corrected chi connectivity index (χ3v) is 1.78. The largest absolute Gasteiger partial charge is 0.411 e. The van der Waals surface area contributed by atoms with E-state index in [0.717, 1.165) is 0 Å². The van der Waals surface area contributed by atoms with Gasteiger partial charge in [0.1, 0.15) is 6.61 Å². The van der Waals surface area contributed by atoms with Crippen LogP contribution in [0.3, 0.4) is 0 Å². The average Bonchev–Trinajstić information content (AvgIpc) is 2.10. The van der Waals surface area contributed by atoms with E-state index in [1.54, 1.807) is 0 Å². The third-order valence-electron chi connectivity index (χ3n) is 1.61. The molecule has 0 radical (unpaired) electrons. The predicted molar refractivity (Wildman–Crippen MR) is 50.0 cm³/mol. The molecule has 2 nitrogen and oxygen atoms in total. The van der Waals surface area contributed by atoms with Gasteiger partial charge in [-0.15, -0.1) is 11.6 Å². The van der Waals surface area contributed by atoms with Gasteiger partial charge in [0.05, 0.1) is 13.2 Å². The summed E-state index contributed by atoms with van der Waals surface area (Å²) in [7, 11) is 0. The second-order valence-corrected chi connectivity index (χ2v) is 3.43. The summed E-state index contributed by atoms with van der Waals surface area (Å²) in [6.45, 7) is -1.92. The maximum absolute atomic E-state index is 12.0. The SMILES string of the molecule is FC(F)CN(CCCl)CCOCC(F)(F)F. The van der Waals surface area contributed by atoms with Crippen LogP contribution in [0.15, 0.2) is 0 Å². The number of hydrogen-bond donors (Lipinski definition) is 0. The smallest absolute Gasteiger partial charge is 0.371 e. The van der Waals surface area contributed by atoms with E-state index in [9.17, 15) is 22.0 Å². The molecule has 0 aliphatic heterocycles. The number of ether oxygens (including phenoxy) is 1. The van der Waals surface area contributed by atoms with Gasteiger partial charge in [0, 0.05) is 19.0 Å². The molecule has 98 valence electrons. The van der Waals surface area contributed by atoms with Crippen LogP contribution in [0.4, 0.5) is 22.0 Å². The maximum atomic E-state index is 12.0. The Morgan fingerprint density at radius 2 is 1.81 bits per heavy atom. The number of hydrogen-bond acceptors (Lipinski definition) is 2. The minimum Gasteiger partial charge on any atom is -0.371 e. The van der Waals surface area contributed by atoms with Gasteiger partial charge in [0.2, 0.25) is 0 Å². The molecule has 0 aromatic rings. The first-order valence-electron chi connectivity index (χ1n) is 4.56. The first-order valence-corrected chi connectivity index (χ1v) is 5.09. The lowest BCUT2D eigenvalue weighted by molar-refractivity contribution is -0.174. The molecule has 0 atom stereocenters. The Morgan fingerprint density at radius 1 is 1.19 bits per heavy atom. The second-order valence-electron chi connectivity index (χ2n) is 3.05. The van der Waals surface area contributed by atoms with E-state index in [2.05, 4.69) is 4.74 Å². The van der Waals surface area contributed by atoms with Crippen molar-refractivity contribution in [3.05, 3.63) is 0 Å². The zero-order chi connectivity index (χ0) is 12.6. The minimum absolute atomic E-state index is 0.00708. The van der Waals surface area contributed by atoms with Crippen LogP contribution in [0.2, 0.25) is 0 Å². The van der Waals surface area contributed by atoms with Gasteiger partial charge >= 0.3 is 6.18 Å². The zero-order valence-electron chi connectivity index (χ0n) is 8.44. The van der Waals surface area contributed by atoms with Crippen molar-refractivity contribution in [1.82, 2.24) is 4.90 Å². The van der Waals surface area contributed by atoms with Crippen LogP contribution in [0.5, 0.6) is 0 Å². The van der Waals surface area contributed by atoms with E-state index in [1.165, 1.54) is 4.90 Å². The summed E-state index contributed by atoms with van der Waals surface area (Å²) in [6, 6.07) is 0. The molecule has 0 spiro atoms. The molecule has 0 unspecified atom stereocenters. The third kappa shape index (κ3) is 10.4. The Labute approximate surface area is 95.3 Å². The Morgan fingerprint density at radius 3 is 2.25 bits per heavy atom. The van der Waals surface area contributed by atoms with Crippen molar-refractivity contribution in [2.24, 2.45) is 0 Å². The van der Waals surface area contributed by atoms with Gasteiger partial charge in [0.25, 0.3) is 6.43 Å². The molecule has 16 heavy (non-hydrogen) atoms. The lowest BCUT2D eigenvalue weighted by atomic mass is 10.4. The van der Waals surface area contributed by atoms with Crippen molar-refractivity contribution in [1.29, 1.82) is 0 Å². The molecule has 0 fully saturated rings. The van der Waals surface area contributed by atoms with E-state index < -0.39 is 25.8 Å². The van der Waals surface area contributed by atoms with Gasteiger partial charge in [-0.25, -0.2) is 8.78 Å². The molecule has 0 N–H and O–H groups in total. The normalized spacial score (nSPS) is 12.8. The van der Waals surface area contributed by atoms with Gasteiger partial charge < -0.3 is 4.74 Å². The van der Waals surface area contributed by atoms with E-state index in [-0.39, 0.29) is 25.6 Å². The summed E-state index contributed by atoms with van der Waals surface area (Å²) in [6.07, 6.45) is -6.93. The molecule has 0 aromatic carbocycles. The number of rotatable bonds is 8. The fraction of sp³-hybridized carbons (Fsp3) is 1.00. The topological polar surface area (TPSA) is 12.5 Å². The summed E-state index contributed by atoms with van der Waals surface area (Å²) in [5, 5.41) is 0. The molecule has 0 aliphatic carbocycles. The van der Waals surface area contributed by atoms with Gasteiger partial charge in [-0.1, -0.05) is 0 Å². The van der Waals surface area contributed by atoms with E-state index in [4.69, 9.17) is 11.6 Å². The summed E-state index contributed by atoms with van der Waals surface area (Å²) >= 11 is 5.36. The van der Waals surface area contributed by atoms with Crippen LogP contribution in [-0.4, -0.2) is 56.2 Å². The highest BCUT2D eigenvalue weighted by Crippen LogP contribution is 2.14. The van der Waals surface area contributed by atoms with Crippen LogP contribution in [0.25, 0.3) is 0 Å². The first-order chi connectivity index (χ1) is 7.35. The zero-order valence-corrected chi connectivity index (χ0v) is 9.20. The predicted octanol–water partition coefficient (Wildman–Crippen LogP) is 2.37. The van der Waals surface area contributed by atoms with Crippen LogP contribution < -0.4 is 0 Å². The molecule has 0 bridgehead atoms. The van der Waals surface area contributed by atoms with Crippen LogP contribution in [-0.2, 0) is 4.74 Å². The molecule has 0 heterocycles. The Bertz CT molecular complexity index is 178. The minimum atomic E-state index is -4.39. The Balaban J connectivity index is 3.67. The summed E-state index contributed by atoms with van der Waals surface area (Å²) in [4.78, 5) is 1.26. The highest BCUT2D eigenvalue weighted by Gasteiger charge is 2.27. The van der Waals surface area contributed by atoms with Gasteiger partial charge in [-0.05, 0) is 0 Å². The molecule has 0 amide bonds. The highest BCUT2D eigenvalue weighted by atomic mass is 35.5. The van der Waals surface area contributed by atoms with Crippen molar-refractivity contribution < 1.29 is 26.7 Å². The van der Waals surface area contributed by atoms with Crippen LogP contribution in [0, 0.1) is 0 Å². The fourth-order valence-corrected chi connectivity index (χ4v) is 1.23. The molecular formula is C8H13ClF5NO. The Kier molecular flexibility index (Phi) is 7.96. The highest BCUT2D eigenvalue weighted by molar-refractivity contribution is 6.18. The molecular weight excluding hydrogens is 257 g/mol.